The van der Waals surface area contributed by atoms with Crippen LogP contribution in [0.5, 0.6) is 0 Å². The van der Waals surface area contributed by atoms with E-state index in [0.29, 0.717) is 11.4 Å². The van der Waals surface area contributed by atoms with Crippen molar-refractivity contribution in [2.45, 2.75) is 19.3 Å². The molecule has 0 atom stereocenters. The molecule has 0 fully saturated rings. The van der Waals surface area contributed by atoms with E-state index in [1.54, 1.807) is 0 Å². The third-order valence-corrected chi connectivity index (χ3v) is 23.6. The van der Waals surface area contributed by atoms with Crippen molar-refractivity contribution in [3.8, 4) is 79.0 Å². The number of rotatable bonds is 7. The summed E-state index contributed by atoms with van der Waals surface area (Å²) in [6, 6.07) is 131. The highest BCUT2D eigenvalue weighted by molar-refractivity contribution is 6.22. The van der Waals surface area contributed by atoms with Gasteiger partial charge in [-0.15, -0.1) is 0 Å². The summed E-state index contributed by atoms with van der Waals surface area (Å²) in [7, 11) is 0. The molecule has 0 amide bonds. The summed E-state index contributed by atoms with van der Waals surface area (Å²) < 4.78 is 11.6. The van der Waals surface area contributed by atoms with Gasteiger partial charge in [0.2, 0.25) is 0 Å². The zero-order valence-corrected chi connectivity index (χ0v) is 61.2. The van der Waals surface area contributed by atoms with Gasteiger partial charge in [0, 0.05) is 82.5 Å². The number of nitrogens with zero attached hydrogens (tertiary/aromatic N) is 6. The molecule has 7 nitrogen and oxygen atoms in total. The van der Waals surface area contributed by atoms with E-state index in [4.69, 9.17) is 24.4 Å². The molecule has 0 radical (unpaired) electrons. The van der Waals surface area contributed by atoms with E-state index in [9.17, 15) is 0 Å². The van der Waals surface area contributed by atoms with Crippen LogP contribution in [0.3, 0.4) is 0 Å². The lowest BCUT2D eigenvalue weighted by atomic mass is 9.80. The van der Waals surface area contributed by atoms with Crippen LogP contribution in [-0.4, -0.2) is 29.1 Å². The Labute approximate surface area is 643 Å². The van der Waals surface area contributed by atoms with Crippen molar-refractivity contribution in [1.29, 1.82) is 0 Å². The Hall–Kier alpha value is -14.7. The van der Waals surface area contributed by atoms with Crippen LogP contribution in [0.2, 0.25) is 0 Å². The number of furan rings is 1. The second-order valence-electron chi connectivity index (χ2n) is 30.5. The fourth-order valence-electron chi connectivity index (χ4n) is 18.1. The molecule has 0 saturated heterocycles. The first-order chi connectivity index (χ1) is 55.2. The molecule has 7 heteroatoms. The van der Waals surface area contributed by atoms with Crippen molar-refractivity contribution in [1.82, 2.24) is 29.1 Å². The number of hydrogen-bond acceptors (Lipinski definition) is 5. The van der Waals surface area contributed by atoms with Gasteiger partial charge >= 0.3 is 0 Å². The second-order valence-corrected chi connectivity index (χ2v) is 30.5. The Morgan fingerprint density at radius 2 is 0.714 bits per heavy atom. The minimum Gasteiger partial charge on any atom is -0.452 e. The van der Waals surface area contributed by atoms with Gasteiger partial charge in [0.15, 0.2) is 17.2 Å². The smallest absolute Gasteiger partial charge is 0.180 e. The zero-order valence-electron chi connectivity index (χ0n) is 61.2. The number of benzene rings is 18. The molecule has 0 N–H and O–H groups in total. The third-order valence-electron chi connectivity index (χ3n) is 23.6. The molecule has 0 bridgehead atoms. The molecular formula is C105H66N6O. The maximum absolute atomic E-state index is 6.74. The van der Waals surface area contributed by atoms with Crippen LogP contribution in [0.25, 0.3) is 220 Å². The van der Waals surface area contributed by atoms with Crippen LogP contribution in [-0.2, 0) is 5.41 Å². The summed E-state index contributed by atoms with van der Waals surface area (Å²) >= 11 is 0. The maximum atomic E-state index is 6.74. The van der Waals surface area contributed by atoms with E-state index in [-0.39, 0.29) is 5.41 Å². The normalized spacial score (nSPS) is 12.6. The average molecular weight is 1430 g/mol. The van der Waals surface area contributed by atoms with Crippen molar-refractivity contribution in [3.63, 3.8) is 0 Å². The molecule has 24 rings (SSSR count). The van der Waals surface area contributed by atoms with Crippen LogP contribution in [0.4, 0.5) is 0 Å². The van der Waals surface area contributed by atoms with Gasteiger partial charge in [-0.25, -0.2) is 19.9 Å². The Balaban J connectivity index is 0.000000134. The molecule has 1 aliphatic carbocycles. The van der Waals surface area contributed by atoms with Gasteiger partial charge < -0.3 is 13.6 Å². The van der Waals surface area contributed by atoms with Crippen molar-refractivity contribution < 1.29 is 4.42 Å². The van der Waals surface area contributed by atoms with E-state index >= 15 is 0 Å². The number of hydrogen-bond donors (Lipinski definition) is 0. The van der Waals surface area contributed by atoms with Gasteiger partial charge in [-0.3, -0.25) is 0 Å². The van der Waals surface area contributed by atoms with Gasteiger partial charge in [0.25, 0.3) is 0 Å². The minimum absolute atomic E-state index is 0.247. The Kier molecular flexibility index (Phi) is 14.0. The predicted molar refractivity (Wildman–Crippen MR) is 467 cm³/mol. The Morgan fingerprint density at radius 3 is 1.39 bits per heavy atom. The Bertz CT molecular complexity index is 7840. The van der Waals surface area contributed by atoms with Gasteiger partial charge in [0.05, 0.1) is 33.5 Å². The van der Waals surface area contributed by atoms with Crippen LogP contribution in [0, 0.1) is 0 Å². The molecule has 18 aromatic carbocycles. The highest BCUT2D eigenvalue weighted by Gasteiger charge is 2.40. The molecular weight excluding hydrogens is 1360 g/mol. The van der Waals surface area contributed by atoms with Crippen LogP contribution >= 0.6 is 0 Å². The van der Waals surface area contributed by atoms with E-state index in [1.807, 2.05) is 18.2 Å². The van der Waals surface area contributed by atoms with Crippen molar-refractivity contribution in [2.75, 3.05) is 0 Å². The third kappa shape index (κ3) is 10.1. The summed E-state index contributed by atoms with van der Waals surface area (Å²) in [5.41, 5.74) is 21.7. The van der Waals surface area contributed by atoms with Crippen molar-refractivity contribution in [3.05, 3.63) is 375 Å². The minimum atomic E-state index is -0.247. The Morgan fingerprint density at radius 1 is 0.259 bits per heavy atom. The lowest BCUT2D eigenvalue weighted by Crippen LogP contribution is -2.17. The van der Waals surface area contributed by atoms with Crippen LogP contribution < -0.4 is 0 Å². The average Bonchev–Trinajstić information content (AvgIpc) is 1.55. The summed E-state index contributed by atoms with van der Waals surface area (Å²) in [4.78, 5) is 21.4. The van der Waals surface area contributed by atoms with Crippen LogP contribution in [0.15, 0.2) is 368 Å². The van der Waals surface area contributed by atoms with Crippen molar-refractivity contribution >= 4 is 141 Å². The van der Waals surface area contributed by atoms with E-state index < -0.39 is 0 Å². The number of aromatic nitrogens is 6. The van der Waals surface area contributed by atoms with Gasteiger partial charge in [0.1, 0.15) is 16.8 Å². The molecule has 0 saturated carbocycles. The van der Waals surface area contributed by atoms with E-state index in [1.165, 1.54) is 125 Å². The lowest BCUT2D eigenvalue weighted by molar-refractivity contribution is 0.658. The summed E-state index contributed by atoms with van der Waals surface area (Å²) in [6.07, 6.45) is 0. The monoisotopic (exact) mass is 1430 g/mol. The molecule has 5 aromatic heterocycles. The fraction of sp³-hybridized carbons (Fsp3) is 0.0286. The maximum Gasteiger partial charge on any atom is 0.180 e. The topological polar surface area (TPSA) is 74.6 Å². The summed E-state index contributed by atoms with van der Waals surface area (Å²) in [5.74, 6) is 1.40. The first kappa shape index (κ1) is 63.4. The quantitative estimate of drug-likeness (QED) is 0.159. The molecule has 0 spiro atoms. The predicted octanol–water partition coefficient (Wildman–Crippen LogP) is 27.8. The number of fused-ring (bicyclic) bond motifs is 20. The van der Waals surface area contributed by atoms with Gasteiger partial charge in [-0.05, 0) is 178 Å². The standard InChI is InChI=1S/C53H35N3.C52H31N3O/c1-53(2)46-18-10-9-17-43(46)51-49(53)50(39-21-19-32-11-3-4-12-34(32)25-39)54-52(55-51)40-22-20-33-23-24-42(27-41(33)26-40)56-47-30-37-15-7-5-13-35(37)28-44(47)45-29-36-14-6-8-16-38(36)31-48(45)56;1-2-13-34(14-3-1)52-53-48(51-49(54-52)45-30-39(24-26-47(45)56-51)38-22-21-32-11-4-5-15-35(32)27-38)40-18-10-19-41(28-40)55-46-31-37-17-7-6-16-36(37)29-44(46)43-25-23-33-12-8-9-20-42(33)50(43)55/h3-31H,1-2H3;1-31H. The molecule has 5 heterocycles. The van der Waals surface area contributed by atoms with E-state index in [2.05, 4.69) is 369 Å². The molecule has 0 aliphatic heterocycles. The highest BCUT2D eigenvalue weighted by Crippen LogP contribution is 2.52. The molecule has 112 heavy (non-hydrogen) atoms. The first-order valence-electron chi connectivity index (χ1n) is 38.4. The zero-order chi connectivity index (χ0) is 73.9. The molecule has 1 aliphatic rings. The molecule has 0 unspecified atom stereocenters. The SMILES string of the molecule is CC1(C)c2ccccc2-c2nc(-c3ccc4ccc(-n5c6cc7ccccc7cc6c6cc7ccccc7cc65)cc4c3)nc(-c3ccc4ccccc4c3)c21.c1ccc(-c2nc(-c3cccc(-n4c5cc6ccccc6cc5c5ccc6ccccc6c54)c3)c3oc4ccc(-c5ccc6ccccc6c5)cc4c3n2)cc1. The first-order valence-corrected chi connectivity index (χ1v) is 38.4. The van der Waals surface area contributed by atoms with Gasteiger partial charge in [-0.1, -0.05) is 287 Å². The molecule has 522 valence electrons. The fourth-order valence-corrected chi connectivity index (χ4v) is 18.1. The van der Waals surface area contributed by atoms with Crippen molar-refractivity contribution in [2.24, 2.45) is 0 Å². The lowest BCUT2D eigenvalue weighted by Gasteiger charge is -2.24. The van der Waals surface area contributed by atoms with Gasteiger partial charge in [-0.2, -0.15) is 0 Å². The summed E-state index contributed by atoms with van der Waals surface area (Å²) in [6.45, 7) is 4.62. The van der Waals surface area contributed by atoms with E-state index in [0.717, 1.165) is 95.1 Å². The highest BCUT2D eigenvalue weighted by atomic mass is 16.3. The van der Waals surface area contributed by atoms with Crippen LogP contribution in [0.1, 0.15) is 25.0 Å². The summed E-state index contributed by atoms with van der Waals surface area (Å²) in [5, 5.41) is 22.9. The molecule has 23 aromatic rings. The largest absolute Gasteiger partial charge is 0.452 e. The second kappa shape index (κ2) is 24.7.